The Labute approximate surface area is 107 Å². The van der Waals surface area contributed by atoms with Crippen LogP contribution in [-0.2, 0) is 0 Å². The Morgan fingerprint density at radius 3 is 2.76 bits per heavy atom. The highest BCUT2D eigenvalue weighted by atomic mass is 79.9. The summed E-state index contributed by atoms with van der Waals surface area (Å²) >= 11 is 3.28. The number of ether oxygens (including phenoxy) is 1. The number of nitrogens with zero attached hydrogens (tertiary/aromatic N) is 1. The first-order chi connectivity index (χ1) is 8.06. The van der Waals surface area contributed by atoms with E-state index >= 15 is 0 Å². The van der Waals surface area contributed by atoms with Crippen LogP contribution >= 0.6 is 15.9 Å². The zero-order valence-electron chi connectivity index (χ0n) is 9.14. The monoisotopic (exact) mass is 300 g/mol. The Morgan fingerprint density at radius 1 is 1.47 bits per heavy atom. The molecule has 2 atom stereocenters. The van der Waals surface area contributed by atoms with E-state index in [0.717, 1.165) is 19.3 Å². The number of nitro benzene ring substituents is 1. The zero-order valence-corrected chi connectivity index (χ0v) is 10.7. The van der Waals surface area contributed by atoms with Gasteiger partial charge in [-0.1, -0.05) is 0 Å². The predicted molar refractivity (Wildman–Crippen MR) is 67.0 cm³/mol. The van der Waals surface area contributed by atoms with Crippen LogP contribution in [0.1, 0.15) is 19.3 Å². The van der Waals surface area contributed by atoms with E-state index in [0.29, 0.717) is 10.2 Å². The van der Waals surface area contributed by atoms with Crippen molar-refractivity contribution in [3.05, 3.63) is 32.8 Å². The maximum Gasteiger partial charge on any atom is 0.270 e. The van der Waals surface area contributed by atoms with Crippen LogP contribution in [0.4, 0.5) is 5.69 Å². The minimum absolute atomic E-state index is 0.0485. The molecule has 92 valence electrons. The van der Waals surface area contributed by atoms with Crippen LogP contribution in [0.15, 0.2) is 22.7 Å². The molecule has 0 radical (unpaired) electrons. The summed E-state index contributed by atoms with van der Waals surface area (Å²) in [6.07, 6.45) is 2.85. The van der Waals surface area contributed by atoms with E-state index in [9.17, 15) is 10.1 Å². The summed E-state index contributed by atoms with van der Waals surface area (Å²) in [6, 6.07) is 4.71. The summed E-state index contributed by atoms with van der Waals surface area (Å²) in [7, 11) is 0. The second kappa shape index (κ2) is 5.01. The molecule has 0 heterocycles. The quantitative estimate of drug-likeness (QED) is 0.687. The van der Waals surface area contributed by atoms with Gasteiger partial charge >= 0.3 is 0 Å². The predicted octanol–water partition coefficient (Wildman–Crippen LogP) is 2.62. The van der Waals surface area contributed by atoms with Crippen molar-refractivity contribution in [2.24, 2.45) is 5.73 Å². The lowest BCUT2D eigenvalue weighted by Crippen LogP contribution is -2.19. The van der Waals surface area contributed by atoms with Gasteiger partial charge in [-0.2, -0.15) is 0 Å². The maximum absolute atomic E-state index is 10.6. The van der Waals surface area contributed by atoms with Gasteiger partial charge in [0.2, 0.25) is 0 Å². The number of hydrogen-bond acceptors (Lipinski definition) is 4. The fraction of sp³-hybridized carbons (Fsp3) is 0.455. The number of rotatable bonds is 3. The van der Waals surface area contributed by atoms with E-state index in [1.165, 1.54) is 12.1 Å². The molecule has 1 saturated carbocycles. The summed E-state index contributed by atoms with van der Waals surface area (Å²) in [6.45, 7) is 0. The van der Waals surface area contributed by atoms with Crippen LogP contribution in [0, 0.1) is 10.1 Å². The van der Waals surface area contributed by atoms with E-state index in [-0.39, 0.29) is 17.8 Å². The van der Waals surface area contributed by atoms with Crippen LogP contribution in [0.3, 0.4) is 0 Å². The molecule has 6 heteroatoms. The summed E-state index contributed by atoms with van der Waals surface area (Å²) in [5.74, 6) is 0.634. The van der Waals surface area contributed by atoms with E-state index < -0.39 is 4.92 Å². The molecular formula is C11H13BrN2O3. The average Bonchev–Trinajstić information content (AvgIpc) is 2.67. The molecule has 1 aliphatic rings. The van der Waals surface area contributed by atoms with Crippen LogP contribution < -0.4 is 10.5 Å². The van der Waals surface area contributed by atoms with Crippen molar-refractivity contribution >= 4 is 21.6 Å². The Kier molecular flexibility index (Phi) is 3.63. The molecule has 0 saturated heterocycles. The molecule has 0 aliphatic heterocycles. The van der Waals surface area contributed by atoms with Gasteiger partial charge in [-0.25, -0.2) is 0 Å². The minimum atomic E-state index is -0.431. The second-order valence-corrected chi connectivity index (χ2v) is 5.04. The van der Waals surface area contributed by atoms with E-state index in [2.05, 4.69) is 15.9 Å². The first kappa shape index (κ1) is 12.3. The number of nitrogens with two attached hydrogens (primary N) is 1. The number of nitro groups is 1. The molecule has 2 rings (SSSR count). The van der Waals surface area contributed by atoms with Gasteiger partial charge in [0.05, 0.1) is 9.40 Å². The lowest BCUT2D eigenvalue weighted by molar-refractivity contribution is -0.385. The molecule has 1 aliphatic carbocycles. The van der Waals surface area contributed by atoms with Gasteiger partial charge < -0.3 is 10.5 Å². The summed E-state index contributed by atoms with van der Waals surface area (Å²) in [4.78, 5) is 10.1. The molecule has 1 aromatic rings. The van der Waals surface area contributed by atoms with Gasteiger partial charge in [0.15, 0.2) is 0 Å². The Bertz CT molecular complexity index is 439. The third kappa shape index (κ3) is 2.95. The maximum atomic E-state index is 10.6. The molecule has 5 nitrogen and oxygen atoms in total. The van der Waals surface area contributed by atoms with Gasteiger partial charge in [-0.15, -0.1) is 0 Å². The van der Waals surface area contributed by atoms with Crippen LogP contribution in [0.25, 0.3) is 0 Å². The topological polar surface area (TPSA) is 78.4 Å². The first-order valence-corrected chi connectivity index (χ1v) is 6.21. The lowest BCUT2D eigenvalue weighted by atomic mass is 10.2. The van der Waals surface area contributed by atoms with Crippen LogP contribution in [0.5, 0.6) is 5.75 Å². The molecular weight excluding hydrogens is 288 g/mol. The average molecular weight is 301 g/mol. The third-order valence-electron chi connectivity index (χ3n) is 2.84. The number of halogens is 1. The van der Waals surface area contributed by atoms with Gasteiger partial charge in [-0.05, 0) is 41.3 Å². The molecule has 1 aromatic carbocycles. The Hall–Kier alpha value is -1.14. The normalized spacial score (nSPS) is 23.6. The van der Waals surface area contributed by atoms with Crippen LogP contribution in [-0.4, -0.2) is 17.1 Å². The molecule has 0 amide bonds. The highest BCUT2D eigenvalue weighted by Crippen LogP contribution is 2.32. The number of hydrogen-bond donors (Lipinski definition) is 1. The zero-order chi connectivity index (χ0) is 12.4. The summed E-state index contributed by atoms with van der Waals surface area (Å²) < 4.78 is 6.37. The highest BCUT2D eigenvalue weighted by molar-refractivity contribution is 9.10. The molecule has 0 aromatic heterocycles. The Balaban J connectivity index is 2.09. The molecule has 0 spiro atoms. The second-order valence-electron chi connectivity index (χ2n) is 4.18. The van der Waals surface area contributed by atoms with Crippen molar-refractivity contribution in [1.29, 1.82) is 0 Å². The number of benzene rings is 1. The third-order valence-corrected chi connectivity index (χ3v) is 3.46. The van der Waals surface area contributed by atoms with E-state index in [4.69, 9.17) is 10.5 Å². The van der Waals surface area contributed by atoms with E-state index in [1.54, 1.807) is 6.07 Å². The molecule has 2 unspecified atom stereocenters. The van der Waals surface area contributed by atoms with Crippen molar-refractivity contribution in [3.8, 4) is 5.75 Å². The minimum Gasteiger partial charge on any atom is -0.489 e. The molecule has 2 N–H and O–H groups in total. The van der Waals surface area contributed by atoms with Gasteiger partial charge in [0.1, 0.15) is 11.9 Å². The van der Waals surface area contributed by atoms with Crippen molar-refractivity contribution < 1.29 is 9.66 Å². The summed E-state index contributed by atoms with van der Waals surface area (Å²) in [5.41, 5.74) is 5.85. The van der Waals surface area contributed by atoms with E-state index in [1.807, 2.05) is 0 Å². The molecule has 0 bridgehead atoms. The smallest absolute Gasteiger partial charge is 0.270 e. The van der Waals surface area contributed by atoms with Crippen molar-refractivity contribution in [1.82, 2.24) is 0 Å². The van der Waals surface area contributed by atoms with Crippen molar-refractivity contribution in [2.45, 2.75) is 31.4 Å². The Morgan fingerprint density at radius 2 is 2.24 bits per heavy atom. The van der Waals surface area contributed by atoms with Crippen LogP contribution in [0.2, 0.25) is 0 Å². The van der Waals surface area contributed by atoms with Gasteiger partial charge in [0, 0.05) is 18.2 Å². The van der Waals surface area contributed by atoms with Gasteiger partial charge in [0.25, 0.3) is 5.69 Å². The summed E-state index contributed by atoms with van der Waals surface area (Å²) in [5, 5.41) is 10.6. The fourth-order valence-corrected chi connectivity index (χ4v) is 2.42. The van der Waals surface area contributed by atoms with Gasteiger partial charge in [-0.3, -0.25) is 10.1 Å². The largest absolute Gasteiger partial charge is 0.489 e. The van der Waals surface area contributed by atoms with Crippen molar-refractivity contribution in [2.75, 3.05) is 0 Å². The lowest BCUT2D eigenvalue weighted by Gasteiger charge is -2.14. The highest BCUT2D eigenvalue weighted by Gasteiger charge is 2.24. The van der Waals surface area contributed by atoms with Crippen molar-refractivity contribution in [3.63, 3.8) is 0 Å². The molecule has 1 fully saturated rings. The number of non-ortho nitro benzene ring substituents is 1. The standard InChI is InChI=1S/C11H13BrN2O3/c12-10-6-8(14(15)16)2-4-11(10)17-9-3-1-7(13)5-9/h2,4,6-7,9H,1,3,5,13H2. The molecule has 17 heavy (non-hydrogen) atoms. The fourth-order valence-electron chi connectivity index (χ4n) is 1.96. The first-order valence-electron chi connectivity index (χ1n) is 5.42. The SMILES string of the molecule is NC1CCC(Oc2ccc([N+](=O)[O-])cc2Br)C1.